The Morgan fingerprint density at radius 1 is 1.12 bits per heavy atom. The fourth-order valence-corrected chi connectivity index (χ4v) is 2.98. The third-order valence-corrected chi connectivity index (χ3v) is 4.38. The minimum Gasteiger partial charge on any atom is -0.497 e. The lowest BCUT2D eigenvalue weighted by atomic mass is 10.1. The Labute approximate surface area is 150 Å². The SMILES string of the molecule is COc1ccc(Cn2c(C)cc3cc([N+](=O)[O-])ccc3c2=N)c(OC)c1. The first-order valence-electron chi connectivity index (χ1n) is 7.98. The first-order valence-corrected chi connectivity index (χ1v) is 7.98. The molecule has 1 heterocycles. The maximum atomic E-state index is 11.0. The summed E-state index contributed by atoms with van der Waals surface area (Å²) >= 11 is 0. The molecule has 3 rings (SSSR count). The Kier molecular flexibility index (Phi) is 4.62. The molecule has 0 amide bonds. The standard InChI is InChI=1S/C19H19N3O4/c1-12-8-14-9-15(22(23)24)5-7-17(14)19(20)21(12)11-13-4-6-16(25-2)10-18(13)26-3/h4-10,20H,11H2,1-3H3. The van der Waals surface area contributed by atoms with Gasteiger partial charge in [0.05, 0.1) is 25.7 Å². The smallest absolute Gasteiger partial charge is 0.270 e. The largest absolute Gasteiger partial charge is 0.497 e. The van der Waals surface area contributed by atoms with Crippen LogP contribution in [0, 0.1) is 22.4 Å². The van der Waals surface area contributed by atoms with E-state index in [9.17, 15) is 10.1 Å². The van der Waals surface area contributed by atoms with Gasteiger partial charge in [-0.1, -0.05) is 0 Å². The molecule has 7 nitrogen and oxygen atoms in total. The molecule has 1 N–H and O–H groups in total. The van der Waals surface area contributed by atoms with E-state index in [0.717, 1.165) is 11.3 Å². The number of pyridine rings is 1. The molecule has 0 saturated carbocycles. The van der Waals surface area contributed by atoms with Crippen LogP contribution in [0.4, 0.5) is 5.69 Å². The highest BCUT2D eigenvalue weighted by Gasteiger charge is 2.12. The predicted octanol–water partition coefficient (Wildman–Crippen LogP) is 3.40. The van der Waals surface area contributed by atoms with Crippen molar-refractivity contribution in [2.75, 3.05) is 14.2 Å². The van der Waals surface area contributed by atoms with Crippen molar-refractivity contribution in [3.63, 3.8) is 0 Å². The summed E-state index contributed by atoms with van der Waals surface area (Å²) in [7, 11) is 3.19. The average molecular weight is 353 g/mol. The van der Waals surface area contributed by atoms with Crippen LogP contribution >= 0.6 is 0 Å². The fraction of sp³-hybridized carbons (Fsp3) is 0.211. The van der Waals surface area contributed by atoms with Gasteiger partial charge in [-0.25, -0.2) is 0 Å². The van der Waals surface area contributed by atoms with Crippen molar-refractivity contribution in [1.29, 1.82) is 5.41 Å². The monoisotopic (exact) mass is 353 g/mol. The van der Waals surface area contributed by atoms with E-state index in [1.807, 2.05) is 29.7 Å². The molecule has 134 valence electrons. The lowest BCUT2D eigenvalue weighted by molar-refractivity contribution is -0.384. The van der Waals surface area contributed by atoms with Crippen molar-refractivity contribution in [1.82, 2.24) is 4.57 Å². The van der Waals surface area contributed by atoms with Gasteiger partial charge in [-0.2, -0.15) is 0 Å². The van der Waals surface area contributed by atoms with E-state index in [0.29, 0.717) is 34.3 Å². The molecule has 0 fully saturated rings. The molecule has 2 aromatic carbocycles. The molecule has 0 aliphatic rings. The zero-order valence-electron chi connectivity index (χ0n) is 14.8. The van der Waals surface area contributed by atoms with Crippen molar-refractivity contribution in [3.8, 4) is 11.5 Å². The highest BCUT2D eigenvalue weighted by Crippen LogP contribution is 2.26. The maximum absolute atomic E-state index is 11.0. The number of rotatable bonds is 5. The lowest BCUT2D eigenvalue weighted by Crippen LogP contribution is -2.23. The minimum atomic E-state index is -0.429. The van der Waals surface area contributed by atoms with Crippen LogP contribution in [0.15, 0.2) is 42.5 Å². The number of methoxy groups -OCH3 is 2. The number of hydrogen-bond acceptors (Lipinski definition) is 5. The number of fused-ring (bicyclic) bond motifs is 1. The molecular weight excluding hydrogens is 334 g/mol. The summed E-state index contributed by atoms with van der Waals surface area (Å²) in [5.41, 5.74) is 2.07. The Balaban J connectivity index is 2.10. The Bertz CT molecular complexity index is 1060. The normalized spacial score (nSPS) is 10.7. The van der Waals surface area contributed by atoms with E-state index in [2.05, 4.69) is 0 Å². The highest BCUT2D eigenvalue weighted by molar-refractivity contribution is 5.84. The van der Waals surface area contributed by atoms with E-state index < -0.39 is 4.92 Å². The molecule has 7 heteroatoms. The first-order chi connectivity index (χ1) is 12.4. The van der Waals surface area contributed by atoms with E-state index in [1.54, 1.807) is 26.4 Å². The number of benzene rings is 2. The summed E-state index contributed by atoms with van der Waals surface area (Å²) < 4.78 is 12.5. The van der Waals surface area contributed by atoms with Gasteiger partial charge in [0.2, 0.25) is 0 Å². The fourth-order valence-electron chi connectivity index (χ4n) is 2.98. The Hall–Kier alpha value is -3.35. The summed E-state index contributed by atoms with van der Waals surface area (Å²) in [5.74, 6) is 1.38. The third-order valence-electron chi connectivity index (χ3n) is 4.38. The topological polar surface area (TPSA) is 90.4 Å². The number of aryl methyl sites for hydroxylation is 1. The van der Waals surface area contributed by atoms with Crippen LogP contribution in [0.25, 0.3) is 10.8 Å². The van der Waals surface area contributed by atoms with Crippen LogP contribution in [-0.4, -0.2) is 23.7 Å². The third kappa shape index (κ3) is 3.11. The number of nitrogens with one attached hydrogen (secondary N) is 1. The summed E-state index contributed by atoms with van der Waals surface area (Å²) in [6, 6.07) is 12.0. The highest BCUT2D eigenvalue weighted by atomic mass is 16.6. The number of nitrogens with zero attached hydrogens (tertiary/aromatic N) is 2. The number of non-ortho nitro benzene ring substituents is 1. The number of ether oxygens (including phenoxy) is 2. The van der Waals surface area contributed by atoms with Crippen LogP contribution in [0.2, 0.25) is 0 Å². The van der Waals surface area contributed by atoms with Crippen molar-refractivity contribution < 1.29 is 14.4 Å². The van der Waals surface area contributed by atoms with E-state index >= 15 is 0 Å². The second-order valence-corrected chi connectivity index (χ2v) is 5.93. The molecule has 0 aliphatic heterocycles. The summed E-state index contributed by atoms with van der Waals surface area (Å²) in [4.78, 5) is 10.5. The van der Waals surface area contributed by atoms with Gasteiger partial charge in [0.1, 0.15) is 17.0 Å². The molecule has 0 saturated heterocycles. The maximum Gasteiger partial charge on any atom is 0.270 e. The van der Waals surface area contributed by atoms with Gasteiger partial charge >= 0.3 is 0 Å². The van der Waals surface area contributed by atoms with Crippen molar-refractivity contribution >= 4 is 16.5 Å². The van der Waals surface area contributed by atoms with Gasteiger partial charge in [-0.05, 0) is 36.6 Å². The van der Waals surface area contributed by atoms with Crippen LogP contribution in [0.5, 0.6) is 11.5 Å². The molecule has 0 bridgehead atoms. The lowest BCUT2D eigenvalue weighted by Gasteiger charge is -2.16. The molecular formula is C19H19N3O4. The van der Waals surface area contributed by atoms with Gasteiger partial charge in [0.15, 0.2) is 0 Å². The molecule has 0 radical (unpaired) electrons. The number of nitro benzene ring substituents is 1. The zero-order valence-corrected chi connectivity index (χ0v) is 14.8. The number of hydrogen-bond donors (Lipinski definition) is 1. The number of nitro groups is 1. The Morgan fingerprint density at radius 2 is 1.88 bits per heavy atom. The molecule has 0 spiro atoms. The zero-order chi connectivity index (χ0) is 18.8. The van der Waals surface area contributed by atoms with Gasteiger partial charge in [-0.3, -0.25) is 15.5 Å². The van der Waals surface area contributed by atoms with E-state index in [1.165, 1.54) is 12.1 Å². The predicted molar refractivity (Wildman–Crippen MR) is 97.8 cm³/mol. The average Bonchev–Trinajstić information content (AvgIpc) is 2.64. The molecule has 0 atom stereocenters. The quantitative estimate of drug-likeness (QED) is 0.562. The van der Waals surface area contributed by atoms with E-state index in [4.69, 9.17) is 14.9 Å². The van der Waals surface area contributed by atoms with Gasteiger partial charge in [0, 0.05) is 34.8 Å². The van der Waals surface area contributed by atoms with Crippen molar-refractivity contribution in [2.24, 2.45) is 0 Å². The molecule has 0 aliphatic carbocycles. The van der Waals surface area contributed by atoms with Gasteiger partial charge in [-0.15, -0.1) is 0 Å². The van der Waals surface area contributed by atoms with Gasteiger partial charge in [0.25, 0.3) is 5.69 Å². The molecule has 3 aromatic rings. The second-order valence-electron chi connectivity index (χ2n) is 5.93. The van der Waals surface area contributed by atoms with Crippen LogP contribution in [0.3, 0.4) is 0 Å². The van der Waals surface area contributed by atoms with E-state index in [-0.39, 0.29) is 5.69 Å². The molecule has 1 aromatic heterocycles. The first kappa shape index (κ1) is 17.5. The van der Waals surface area contributed by atoms with Gasteiger partial charge < -0.3 is 14.0 Å². The molecule has 0 unspecified atom stereocenters. The number of aromatic nitrogens is 1. The minimum absolute atomic E-state index is 0.0193. The summed E-state index contributed by atoms with van der Waals surface area (Å²) in [5, 5.41) is 20.9. The Morgan fingerprint density at radius 3 is 2.54 bits per heavy atom. The van der Waals surface area contributed by atoms with Crippen LogP contribution in [0.1, 0.15) is 11.3 Å². The van der Waals surface area contributed by atoms with Crippen LogP contribution < -0.4 is 15.0 Å². The second kappa shape index (κ2) is 6.87. The summed E-state index contributed by atoms with van der Waals surface area (Å²) in [6.07, 6.45) is 0. The summed E-state index contributed by atoms with van der Waals surface area (Å²) in [6.45, 7) is 2.33. The van der Waals surface area contributed by atoms with Crippen molar-refractivity contribution in [3.05, 3.63) is 69.3 Å². The van der Waals surface area contributed by atoms with Crippen molar-refractivity contribution in [2.45, 2.75) is 13.5 Å². The van der Waals surface area contributed by atoms with Crippen LogP contribution in [-0.2, 0) is 6.54 Å². The molecule has 26 heavy (non-hydrogen) atoms.